The van der Waals surface area contributed by atoms with E-state index in [9.17, 15) is 55.5 Å². The zero-order valence-electron chi connectivity index (χ0n) is 30.2. The molecule has 0 spiro atoms. The molecule has 0 radical (unpaired) electrons. The summed E-state index contributed by atoms with van der Waals surface area (Å²) in [4.78, 5) is 24.1. The van der Waals surface area contributed by atoms with Crippen LogP contribution in [0.1, 0.15) is 47.0 Å². The van der Waals surface area contributed by atoms with Gasteiger partial charge in [0.25, 0.3) is 0 Å². The van der Waals surface area contributed by atoms with E-state index < -0.39 is 153 Å². The molecule has 6 aliphatic rings. The number of hydrogen-bond acceptors (Lipinski definition) is 20. The van der Waals surface area contributed by atoms with E-state index in [1.807, 2.05) is 0 Å². The van der Waals surface area contributed by atoms with Gasteiger partial charge in [-0.3, -0.25) is 9.59 Å². The SMILES string of the molecule is CC(=O)O[C@@]1(C)C[C@@H](O)[C@@H]2C=CO[C@@H](O[C@@H]3O[C@H](CO[C@@H]4C[C@@H]5[C@H]([C@H](O[C@@H]6O[C@H](CO)[C@@H](O)[C@H](O)[C@H]6O)O4)[C@@](C)(OC(C)=O)C[C@H]5O)[C@@H](O)[C@H](O)[C@H]3O)[C@@H]21. The van der Waals surface area contributed by atoms with Crippen LogP contribution in [0.3, 0.4) is 0 Å². The Morgan fingerprint density at radius 3 is 1.81 bits per heavy atom. The second-order valence-electron chi connectivity index (χ2n) is 15.5. The Hall–Kier alpha value is -2.12. The number of fused-ring (bicyclic) bond motifs is 2. The molecular formula is C34H52O20. The third kappa shape index (κ3) is 7.89. The Labute approximate surface area is 310 Å². The van der Waals surface area contributed by atoms with Crippen LogP contribution < -0.4 is 0 Å². The number of aliphatic hydroxyl groups excluding tert-OH is 9. The first-order chi connectivity index (χ1) is 25.4. The first kappa shape index (κ1) is 41.5. The van der Waals surface area contributed by atoms with Gasteiger partial charge in [-0.1, -0.05) is 0 Å². The highest BCUT2D eigenvalue weighted by Gasteiger charge is 2.62. The largest absolute Gasteiger partial charge is 0.472 e. The maximum Gasteiger partial charge on any atom is 0.303 e. The van der Waals surface area contributed by atoms with Gasteiger partial charge < -0.3 is 88.6 Å². The molecule has 21 atom stereocenters. The minimum Gasteiger partial charge on any atom is -0.472 e. The monoisotopic (exact) mass is 780 g/mol. The van der Waals surface area contributed by atoms with Gasteiger partial charge in [-0.05, 0) is 19.9 Å². The first-order valence-corrected chi connectivity index (χ1v) is 18.0. The van der Waals surface area contributed by atoms with E-state index in [0.29, 0.717) is 0 Å². The van der Waals surface area contributed by atoms with Crippen LogP contribution in [0.15, 0.2) is 12.3 Å². The van der Waals surface area contributed by atoms with Gasteiger partial charge >= 0.3 is 11.9 Å². The van der Waals surface area contributed by atoms with Gasteiger partial charge in [-0.2, -0.15) is 0 Å². The normalized spacial score (nSPS) is 51.5. The summed E-state index contributed by atoms with van der Waals surface area (Å²) >= 11 is 0. The molecule has 3 saturated heterocycles. The number of esters is 2. The van der Waals surface area contributed by atoms with E-state index in [1.165, 1.54) is 20.1 Å². The molecule has 4 heterocycles. The van der Waals surface area contributed by atoms with E-state index in [4.69, 9.17) is 42.6 Å². The first-order valence-electron chi connectivity index (χ1n) is 18.0. The molecule has 0 unspecified atom stereocenters. The minimum absolute atomic E-state index is 0.00642. The van der Waals surface area contributed by atoms with Crippen LogP contribution in [0.25, 0.3) is 0 Å². The Bertz CT molecular complexity index is 1370. The van der Waals surface area contributed by atoms with Gasteiger partial charge in [0, 0.05) is 44.9 Å². The lowest BCUT2D eigenvalue weighted by Gasteiger charge is -2.47. The van der Waals surface area contributed by atoms with Gasteiger partial charge in [-0.15, -0.1) is 0 Å². The van der Waals surface area contributed by atoms with Crippen molar-refractivity contribution in [3.8, 4) is 0 Å². The number of hydrogen-bond donors (Lipinski definition) is 9. The number of ether oxygens (including phenoxy) is 9. The van der Waals surface area contributed by atoms with Crippen molar-refractivity contribution in [2.45, 2.75) is 151 Å². The lowest BCUT2D eigenvalue weighted by Crippen LogP contribution is -2.62. The highest BCUT2D eigenvalue weighted by atomic mass is 16.8. The van der Waals surface area contributed by atoms with Crippen LogP contribution in [-0.4, -0.2) is 175 Å². The van der Waals surface area contributed by atoms with Crippen LogP contribution >= 0.6 is 0 Å². The molecule has 9 N–H and O–H groups in total. The average Bonchev–Trinajstić information content (AvgIpc) is 3.50. The lowest BCUT2D eigenvalue weighted by atomic mass is 9.82. The number of aliphatic hydroxyl groups is 9. The van der Waals surface area contributed by atoms with E-state index >= 15 is 0 Å². The summed E-state index contributed by atoms with van der Waals surface area (Å²) in [5, 5.41) is 95.5. The van der Waals surface area contributed by atoms with Gasteiger partial charge in [0.15, 0.2) is 25.2 Å². The summed E-state index contributed by atoms with van der Waals surface area (Å²) in [6, 6.07) is 0. The van der Waals surface area contributed by atoms with E-state index in [0.717, 1.165) is 0 Å². The van der Waals surface area contributed by atoms with Crippen LogP contribution in [-0.2, 0) is 52.2 Å². The van der Waals surface area contributed by atoms with Crippen molar-refractivity contribution in [3.63, 3.8) is 0 Å². The third-order valence-corrected chi connectivity index (χ3v) is 11.6. The number of carbonyl (C=O) groups excluding carboxylic acids is 2. The summed E-state index contributed by atoms with van der Waals surface area (Å²) in [6.07, 6.45) is -19.5. The highest BCUT2D eigenvalue weighted by Crippen LogP contribution is 2.52. The molecule has 308 valence electrons. The quantitative estimate of drug-likeness (QED) is 0.0961. The summed E-state index contributed by atoms with van der Waals surface area (Å²) in [5.41, 5.74) is -2.57. The molecule has 4 aliphatic heterocycles. The molecule has 0 aromatic rings. The van der Waals surface area contributed by atoms with Crippen LogP contribution in [0.5, 0.6) is 0 Å². The Kier molecular flexibility index (Phi) is 12.3. The summed E-state index contributed by atoms with van der Waals surface area (Å²) in [5.74, 6) is -4.14. The van der Waals surface area contributed by atoms with Crippen molar-refractivity contribution < 1.29 is 98.2 Å². The van der Waals surface area contributed by atoms with Gasteiger partial charge in [0.1, 0.15) is 60.0 Å². The molecule has 2 aliphatic carbocycles. The van der Waals surface area contributed by atoms with E-state index in [-0.39, 0.29) is 19.3 Å². The Morgan fingerprint density at radius 1 is 0.685 bits per heavy atom. The fourth-order valence-electron chi connectivity index (χ4n) is 9.08. The summed E-state index contributed by atoms with van der Waals surface area (Å²) < 4.78 is 52.4. The highest BCUT2D eigenvalue weighted by molar-refractivity contribution is 5.67. The molecule has 0 bridgehead atoms. The van der Waals surface area contributed by atoms with Crippen molar-refractivity contribution in [2.24, 2.45) is 23.7 Å². The molecule has 0 aromatic heterocycles. The van der Waals surface area contributed by atoms with Crippen molar-refractivity contribution in [1.82, 2.24) is 0 Å². The predicted octanol–water partition coefficient (Wildman–Crippen LogP) is -3.78. The average molecular weight is 781 g/mol. The van der Waals surface area contributed by atoms with E-state index in [2.05, 4.69) is 0 Å². The smallest absolute Gasteiger partial charge is 0.303 e. The molecule has 54 heavy (non-hydrogen) atoms. The summed E-state index contributed by atoms with van der Waals surface area (Å²) in [6.45, 7) is 4.39. The molecule has 2 saturated carbocycles. The van der Waals surface area contributed by atoms with Crippen LogP contribution in [0.4, 0.5) is 0 Å². The van der Waals surface area contributed by atoms with Crippen molar-refractivity contribution >= 4 is 11.9 Å². The van der Waals surface area contributed by atoms with Crippen molar-refractivity contribution in [3.05, 3.63) is 12.3 Å². The fraction of sp³-hybridized carbons (Fsp3) is 0.882. The predicted molar refractivity (Wildman–Crippen MR) is 171 cm³/mol. The van der Waals surface area contributed by atoms with Crippen LogP contribution in [0, 0.1) is 23.7 Å². The van der Waals surface area contributed by atoms with Crippen molar-refractivity contribution in [1.29, 1.82) is 0 Å². The molecule has 0 aromatic carbocycles. The van der Waals surface area contributed by atoms with Gasteiger partial charge in [-0.25, -0.2) is 0 Å². The molecular weight excluding hydrogens is 728 g/mol. The topological polar surface area (TPSA) is 299 Å². The Balaban J connectivity index is 1.17. The minimum atomic E-state index is -1.81. The number of carbonyl (C=O) groups is 2. The van der Waals surface area contributed by atoms with Gasteiger partial charge in [0.05, 0.1) is 43.5 Å². The molecule has 20 nitrogen and oxygen atoms in total. The molecule has 20 heteroatoms. The summed E-state index contributed by atoms with van der Waals surface area (Å²) in [7, 11) is 0. The van der Waals surface area contributed by atoms with E-state index in [1.54, 1.807) is 19.9 Å². The maximum absolute atomic E-state index is 12.1. The molecule has 6 rings (SSSR count). The Morgan fingerprint density at radius 2 is 1.22 bits per heavy atom. The standard InChI is InChI=1S/C34H52O20/c1-12(36)53-33(3)8-16(38)14-5-6-46-29(21(14)33)51-32-28(45)26(43)24(41)19(49-32)11-47-20-7-15-17(39)9-34(4,54-13(2)37)22(15)30(50-20)52-31-27(44)25(42)23(40)18(10-35)48-31/h5-6,14-32,35,38-45H,7-11H2,1-4H3/t14-,15-,16+,17+,18+,19+,20-,21+,22+,23+,24+,25-,26-,27+,28+,29-,30-,31-,32-,33-,34-/m0/s1. The second kappa shape index (κ2) is 16.0. The zero-order chi connectivity index (χ0) is 39.4. The third-order valence-electron chi connectivity index (χ3n) is 11.6. The number of rotatable bonds is 10. The maximum atomic E-state index is 12.1. The van der Waals surface area contributed by atoms with Crippen molar-refractivity contribution in [2.75, 3.05) is 13.2 Å². The zero-order valence-corrected chi connectivity index (χ0v) is 30.2. The van der Waals surface area contributed by atoms with Gasteiger partial charge in [0.2, 0.25) is 6.29 Å². The second-order valence-corrected chi connectivity index (χ2v) is 15.5. The lowest BCUT2D eigenvalue weighted by molar-refractivity contribution is -0.388. The van der Waals surface area contributed by atoms with Crippen LogP contribution in [0.2, 0.25) is 0 Å². The molecule has 5 fully saturated rings. The molecule has 0 amide bonds. The fourth-order valence-corrected chi connectivity index (χ4v) is 9.08.